The lowest BCUT2D eigenvalue weighted by Gasteiger charge is -2.22. The lowest BCUT2D eigenvalue weighted by atomic mass is 9.90. The average Bonchev–Trinajstić information content (AvgIpc) is 2.45. The van der Waals surface area contributed by atoms with Gasteiger partial charge in [0, 0.05) is 5.69 Å². The van der Waals surface area contributed by atoms with Crippen LogP contribution in [0.5, 0.6) is 5.88 Å². The van der Waals surface area contributed by atoms with Crippen molar-refractivity contribution in [3.63, 3.8) is 0 Å². The van der Waals surface area contributed by atoms with Crippen LogP contribution in [0.15, 0.2) is 11.2 Å². The molecule has 2 rings (SSSR count). The summed E-state index contributed by atoms with van der Waals surface area (Å²) in [6, 6.07) is 1.90. The number of hydrogen-bond donors (Lipinski definition) is 2. The molecule has 0 unspecified atom stereocenters. The van der Waals surface area contributed by atoms with Crippen molar-refractivity contribution in [2.24, 2.45) is 16.8 Å². The molecule has 110 valence electrons. The van der Waals surface area contributed by atoms with Gasteiger partial charge in [-0.05, 0) is 44.2 Å². The molecule has 1 aromatic rings. The van der Waals surface area contributed by atoms with Crippen LogP contribution in [0.4, 0.5) is 0 Å². The van der Waals surface area contributed by atoms with Crippen LogP contribution >= 0.6 is 0 Å². The first-order chi connectivity index (χ1) is 9.61. The van der Waals surface area contributed by atoms with Gasteiger partial charge in [0.25, 0.3) is 0 Å². The van der Waals surface area contributed by atoms with Gasteiger partial charge in [0.05, 0.1) is 12.2 Å². The summed E-state index contributed by atoms with van der Waals surface area (Å²) in [5.74, 6) is 1.11. The number of oxime groups is 1. The van der Waals surface area contributed by atoms with Gasteiger partial charge >= 0.3 is 0 Å². The average molecular weight is 277 g/mol. The molecule has 0 aromatic carbocycles. The van der Waals surface area contributed by atoms with Crippen molar-refractivity contribution >= 4 is 5.84 Å². The molecule has 5 nitrogen and oxygen atoms in total. The predicted octanol–water partition coefficient (Wildman–Crippen LogP) is 2.75. The van der Waals surface area contributed by atoms with Gasteiger partial charge in [0.2, 0.25) is 5.88 Å². The normalized spacial score (nSPS) is 17.2. The standard InChI is InChI=1S/C15H23N3O2/c1-10-8-11(2)17-15(13(10)14(16)18-19)20-9-12-6-4-3-5-7-12/h8,12,19H,3-7,9H2,1-2H3,(H2,16,18). The minimum absolute atomic E-state index is 0.0497. The lowest BCUT2D eigenvalue weighted by Crippen LogP contribution is -2.21. The minimum atomic E-state index is 0.0497. The molecule has 0 radical (unpaired) electrons. The number of nitrogens with zero attached hydrogens (tertiary/aromatic N) is 2. The van der Waals surface area contributed by atoms with Gasteiger partial charge in [-0.1, -0.05) is 24.4 Å². The Morgan fingerprint density at radius 3 is 2.75 bits per heavy atom. The first kappa shape index (κ1) is 14.6. The van der Waals surface area contributed by atoms with Crippen LogP contribution in [-0.4, -0.2) is 22.6 Å². The first-order valence-electron chi connectivity index (χ1n) is 7.20. The zero-order valence-corrected chi connectivity index (χ0v) is 12.2. The Labute approximate surface area is 119 Å². The third-order valence-electron chi connectivity index (χ3n) is 3.86. The molecule has 0 spiro atoms. The van der Waals surface area contributed by atoms with Crippen molar-refractivity contribution in [1.82, 2.24) is 4.98 Å². The molecule has 0 bridgehead atoms. The van der Waals surface area contributed by atoms with Crippen molar-refractivity contribution in [3.05, 3.63) is 22.9 Å². The summed E-state index contributed by atoms with van der Waals surface area (Å²) in [7, 11) is 0. The number of hydrogen-bond acceptors (Lipinski definition) is 4. The molecular weight excluding hydrogens is 254 g/mol. The molecule has 1 saturated carbocycles. The van der Waals surface area contributed by atoms with Crippen LogP contribution in [0.3, 0.4) is 0 Å². The summed E-state index contributed by atoms with van der Waals surface area (Å²) in [6.07, 6.45) is 6.31. The van der Waals surface area contributed by atoms with Crippen molar-refractivity contribution in [2.45, 2.75) is 46.0 Å². The molecule has 0 atom stereocenters. The van der Waals surface area contributed by atoms with E-state index < -0.39 is 0 Å². The highest BCUT2D eigenvalue weighted by molar-refractivity contribution is 6.00. The van der Waals surface area contributed by atoms with Gasteiger partial charge in [-0.3, -0.25) is 0 Å². The molecule has 1 heterocycles. The molecule has 1 aromatic heterocycles. The minimum Gasteiger partial charge on any atom is -0.477 e. The van der Waals surface area contributed by atoms with Crippen molar-refractivity contribution in [3.8, 4) is 5.88 Å². The van der Waals surface area contributed by atoms with Crippen LogP contribution in [0, 0.1) is 19.8 Å². The van der Waals surface area contributed by atoms with Crippen LogP contribution in [0.1, 0.15) is 48.9 Å². The fourth-order valence-corrected chi connectivity index (χ4v) is 2.82. The van der Waals surface area contributed by atoms with Crippen molar-refractivity contribution < 1.29 is 9.94 Å². The number of rotatable bonds is 4. The van der Waals surface area contributed by atoms with Gasteiger partial charge in [-0.15, -0.1) is 0 Å². The van der Waals surface area contributed by atoms with Gasteiger partial charge in [-0.25, -0.2) is 4.98 Å². The Morgan fingerprint density at radius 2 is 2.10 bits per heavy atom. The summed E-state index contributed by atoms with van der Waals surface area (Å²) in [4.78, 5) is 4.39. The third kappa shape index (κ3) is 3.40. The fourth-order valence-electron chi connectivity index (χ4n) is 2.82. The number of ether oxygens (including phenoxy) is 1. The number of amidine groups is 1. The van der Waals surface area contributed by atoms with E-state index in [1.54, 1.807) is 0 Å². The van der Waals surface area contributed by atoms with Crippen molar-refractivity contribution in [2.75, 3.05) is 6.61 Å². The smallest absolute Gasteiger partial charge is 0.225 e. The highest BCUT2D eigenvalue weighted by atomic mass is 16.5. The summed E-state index contributed by atoms with van der Waals surface area (Å²) in [5, 5.41) is 12.0. The molecule has 1 aliphatic rings. The topological polar surface area (TPSA) is 80.7 Å². The van der Waals surface area contributed by atoms with Crippen LogP contribution < -0.4 is 10.5 Å². The molecule has 0 aliphatic heterocycles. The maximum Gasteiger partial charge on any atom is 0.225 e. The van der Waals surface area contributed by atoms with E-state index in [9.17, 15) is 0 Å². The number of pyridine rings is 1. The lowest BCUT2D eigenvalue weighted by molar-refractivity contribution is 0.202. The van der Waals surface area contributed by atoms with Crippen molar-refractivity contribution in [1.29, 1.82) is 0 Å². The van der Waals surface area contributed by atoms with E-state index in [4.69, 9.17) is 15.7 Å². The molecular formula is C15H23N3O2. The van der Waals surface area contributed by atoms with E-state index >= 15 is 0 Å². The second-order valence-electron chi connectivity index (χ2n) is 5.56. The van der Waals surface area contributed by atoms with E-state index in [1.807, 2.05) is 19.9 Å². The van der Waals surface area contributed by atoms with E-state index in [-0.39, 0.29) is 5.84 Å². The van der Waals surface area contributed by atoms with Crippen LogP contribution in [0.25, 0.3) is 0 Å². The second-order valence-corrected chi connectivity index (χ2v) is 5.56. The van der Waals surface area contributed by atoms with Crippen LogP contribution in [0.2, 0.25) is 0 Å². The molecule has 1 aliphatic carbocycles. The Kier molecular flexibility index (Phi) is 4.82. The monoisotopic (exact) mass is 277 g/mol. The molecule has 5 heteroatoms. The Bertz CT molecular complexity index is 494. The Hall–Kier alpha value is -1.78. The maximum absolute atomic E-state index is 8.90. The first-order valence-corrected chi connectivity index (χ1v) is 7.20. The van der Waals surface area contributed by atoms with Gasteiger partial charge in [-0.2, -0.15) is 0 Å². The zero-order chi connectivity index (χ0) is 14.5. The van der Waals surface area contributed by atoms with Gasteiger partial charge < -0.3 is 15.7 Å². The largest absolute Gasteiger partial charge is 0.477 e. The number of nitrogens with two attached hydrogens (primary N) is 1. The van der Waals surface area contributed by atoms with Crippen LogP contribution in [-0.2, 0) is 0 Å². The maximum atomic E-state index is 8.90. The van der Waals surface area contributed by atoms with E-state index in [1.165, 1.54) is 32.1 Å². The third-order valence-corrected chi connectivity index (χ3v) is 3.86. The second kappa shape index (κ2) is 6.59. The SMILES string of the molecule is Cc1cc(C)c(C(N)=NO)c(OCC2CCCCC2)n1. The summed E-state index contributed by atoms with van der Waals surface area (Å²) in [6.45, 7) is 4.48. The van der Waals surface area contributed by atoms with Gasteiger partial charge in [0.15, 0.2) is 5.84 Å². The van der Waals surface area contributed by atoms with Gasteiger partial charge in [0.1, 0.15) is 0 Å². The predicted molar refractivity (Wildman–Crippen MR) is 78.3 cm³/mol. The summed E-state index contributed by atoms with van der Waals surface area (Å²) in [5.41, 5.74) is 8.11. The summed E-state index contributed by atoms with van der Waals surface area (Å²) >= 11 is 0. The fraction of sp³-hybridized carbons (Fsp3) is 0.600. The molecule has 0 amide bonds. The molecule has 1 fully saturated rings. The molecule has 0 saturated heterocycles. The highest BCUT2D eigenvalue weighted by Gasteiger charge is 2.18. The van der Waals surface area contributed by atoms with E-state index in [0.29, 0.717) is 24.0 Å². The molecule has 20 heavy (non-hydrogen) atoms. The van der Waals surface area contributed by atoms with E-state index in [2.05, 4.69) is 10.1 Å². The Morgan fingerprint density at radius 1 is 1.40 bits per heavy atom. The summed E-state index contributed by atoms with van der Waals surface area (Å²) < 4.78 is 5.88. The Balaban J connectivity index is 2.16. The quantitative estimate of drug-likeness (QED) is 0.384. The highest BCUT2D eigenvalue weighted by Crippen LogP contribution is 2.26. The number of aryl methyl sites for hydroxylation is 2. The van der Waals surface area contributed by atoms with E-state index in [0.717, 1.165) is 11.3 Å². The molecule has 3 N–H and O–H groups in total. The zero-order valence-electron chi connectivity index (χ0n) is 12.2. The number of aromatic nitrogens is 1.